The summed E-state index contributed by atoms with van der Waals surface area (Å²) in [4.78, 5) is 6.34. The summed E-state index contributed by atoms with van der Waals surface area (Å²) < 4.78 is 14.5. The van der Waals surface area contributed by atoms with Crippen LogP contribution in [0.3, 0.4) is 0 Å². The zero-order valence-electron chi connectivity index (χ0n) is 11.8. The summed E-state index contributed by atoms with van der Waals surface area (Å²) in [6, 6.07) is 2.45. The number of aromatic nitrogens is 1. The monoisotopic (exact) mass is 283 g/mol. The molecule has 0 aliphatic carbocycles. The third-order valence-electron chi connectivity index (χ3n) is 3.29. The maximum Gasteiger partial charge on any atom is 0.170 e. The number of hydrogen-bond donors (Lipinski definition) is 1. The van der Waals surface area contributed by atoms with E-state index in [0.717, 1.165) is 18.1 Å². The van der Waals surface area contributed by atoms with Crippen molar-refractivity contribution in [2.75, 3.05) is 23.0 Å². The van der Waals surface area contributed by atoms with E-state index >= 15 is 0 Å². The van der Waals surface area contributed by atoms with Gasteiger partial charge in [0.05, 0.1) is 0 Å². The van der Waals surface area contributed by atoms with Crippen LogP contribution < -0.4 is 10.2 Å². The van der Waals surface area contributed by atoms with Crippen LogP contribution in [-0.4, -0.2) is 35.1 Å². The van der Waals surface area contributed by atoms with Gasteiger partial charge in [-0.15, -0.1) is 0 Å². The van der Waals surface area contributed by atoms with E-state index in [1.807, 2.05) is 11.8 Å². The molecule has 1 aliphatic heterocycles. The number of thioether (sulfide) groups is 1. The van der Waals surface area contributed by atoms with Gasteiger partial charge in [-0.2, -0.15) is 11.8 Å². The molecule has 1 aliphatic rings. The van der Waals surface area contributed by atoms with E-state index in [-0.39, 0.29) is 5.82 Å². The highest BCUT2D eigenvalue weighted by Crippen LogP contribution is 2.26. The van der Waals surface area contributed by atoms with Crippen LogP contribution in [0.25, 0.3) is 0 Å². The maximum absolute atomic E-state index is 14.5. The van der Waals surface area contributed by atoms with Gasteiger partial charge in [0.25, 0.3) is 0 Å². The Balaban J connectivity index is 2.18. The molecule has 0 aromatic carbocycles. The van der Waals surface area contributed by atoms with Crippen molar-refractivity contribution in [3.05, 3.63) is 23.6 Å². The summed E-state index contributed by atoms with van der Waals surface area (Å²) in [5.74, 6) is 2.42. The lowest BCUT2D eigenvalue weighted by Gasteiger charge is -2.34. The first kappa shape index (κ1) is 14.6. The fourth-order valence-electron chi connectivity index (χ4n) is 2.16. The van der Waals surface area contributed by atoms with E-state index in [2.05, 4.69) is 36.0 Å². The molecule has 5 heteroatoms. The molecule has 3 nitrogen and oxygen atoms in total. The van der Waals surface area contributed by atoms with Crippen LogP contribution >= 0.6 is 11.8 Å². The maximum atomic E-state index is 14.5. The molecule has 1 atom stereocenters. The van der Waals surface area contributed by atoms with Crippen molar-refractivity contribution in [2.24, 2.45) is 0 Å². The van der Waals surface area contributed by atoms with Crippen molar-refractivity contribution in [2.45, 2.75) is 39.4 Å². The van der Waals surface area contributed by atoms with E-state index < -0.39 is 0 Å². The SMILES string of the molecule is CC(C)NCc1ccnc(N2CCSCC2C)c1F. The van der Waals surface area contributed by atoms with Crippen molar-refractivity contribution >= 4 is 17.6 Å². The summed E-state index contributed by atoms with van der Waals surface area (Å²) >= 11 is 1.92. The number of nitrogens with one attached hydrogen (secondary N) is 1. The van der Waals surface area contributed by atoms with E-state index in [1.54, 1.807) is 12.3 Å². The molecule has 2 rings (SSSR count). The second kappa shape index (κ2) is 6.57. The second-order valence-electron chi connectivity index (χ2n) is 5.26. The average Bonchev–Trinajstić information content (AvgIpc) is 2.38. The van der Waals surface area contributed by atoms with Crippen molar-refractivity contribution in [1.82, 2.24) is 10.3 Å². The zero-order chi connectivity index (χ0) is 13.8. The largest absolute Gasteiger partial charge is 0.350 e. The van der Waals surface area contributed by atoms with Crippen molar-refractivity contribution in [1.29, 1.82) is 0 Å². The molecule has 1 aromatic heterocycles. The third-order valence-corrected chi connectivity index (χ3v) is 4.48. The molecule has 1 fully saturated rings. The molecule has 0 saturated carbocycles. The fourth-order valence-corrected chi connectivity index (χ4v) is 3.18. The smallest absolute Gasteiger partial charge is 0.170 e. The number of hydrogen-bond acceptors (Lipinski definition) is 4. The minimum Gasteiger partial charge on any atom is -0.350 e. The molecule has 0 spiro atoms. The lowest BCUT2D eigenvalue weighted by molar-refractivity contribution is 0.542. The van der Waals surface area contributed by atoms with Gasteiger partial charge in [0.2, 0.25) is 0 Å². The van der Waals surface area contributed by atoms with Gasteiger partial charge in [0.15, 0.2) is 11.6 Å². The van der Waals surface area contributed by atoms with Crippen LogP contribution in [0.1, 0.15) is 26.3 Å². The molecule has 19 heavy (non-hydrogen) atoms. The first-order valence-corrected chi connectivity index (χ1v) is 7.96. The minimum absolute atomic E-state index is 0.172. The summed E-state index contributed by atoms with van der Waals surface area (Å²) in [5, 5.41) is 3.25. The van der Waals surface area contributed by atoms with Crippen LogP contribution in [0, 0.1) is 5.82 Å². The van der Waals surface area contributed by atoms with Gasteiger partial charge in [-0.05, 0) is 13.0 Å². The summed E-state index contributed by atoms with van der Waals surface area (Å²) in [6.45, 7) is 7.67. The zero-order valence-corrected chi connectivity index (χ0v) is 12.6. The second-order valence-corrected chi connectivity index (χ2v) is 6.41. The first-order chi connectivity index (χ1) is 9.09. The number of rotatable bonds is 4. The van der Waals surface area contributed by atoms with Gasteiger partial charge in [0.1, 0.15) is 0 Å². The van der Waals surface area contributed by atoms with Gasteiger partial charge in [0, 0.05) is 48.4 Å². The molecular formula is C14H22FN3S. The Kier molecular flexibility index (Phi) is 5.05. The molecule has 1 aromatic rings. The topological polar surface area (TPSA) is 28.2 Å². The third kappa shape index (κ3) is 3.60. The normalized spacial score (nSPS) is 20.1. The van der Waals surface area contributed by atoms with Crippen molar-refractivity contribution < 1.29 is 4.39 Å². The van der Waals surface area contributed by atoms with Gasteiger partial charge >= 0.3 is 0 Å². The van der Waals surface area contributed by atoms with Crippen LogP contribution in [0.2, 0.25) is 0 Å². The van der Waals surface area contributed by atoms with Crippen LogP contribution in [0.5, 0.6) is 0 Å². The Bertz CT molecular complexity index is 425. The van der Waals surface area contributed by atoms with Crippen molar-refractivity contribution in [3.63, 3.8) is 0 Å². The molecule has 0 amide bonds. The van der Waals surface area contributed by atoms with Gasteiger partial charge in [-0.25, -0.2) is 9.37 Å². The quantitative estimate of drug-likeness (QED) is 0.919. The Morgan fingerprint density at radius 1 is 1.58 bits per heavy atom. The first-order valence-electron chi connectivity index (χ1n) is 6.80. The van der Waals surface area contributed by atoms with Gasteiger partial charge in [-0.3, -0.25) is 0 Å². The summed E-state index contributed by atoms with van der Waals surface area (Å²) in [6.07, 6.45) is 1.71. The molecule has 1 saturated heterocycles. The standard InChI is InChI=1S/C14H22FN3S/c1-10(2)17-8-12-4-5-16-14(13(12)15)18-6-7-19-9-11(18)3/h4-5,10-11,17H,6-9H2,1-3H3. The Morgan fingerprint density at radius 3 is 3.05 bits per heavy atom. The highest BCUT2D eigenvalue weighted by molar-refractivity contribution is 7.99. The van der Waals surface area contributed by atoms with E-state index in [1.165, 1.54) is 0 Å². The van der Waals surface area contributed by atoms with Crippen molar-refractivity contribution in [3.8, 4) is 0 Å². The van der Waals surface area contributed by atoms with Gasteiger partial charge < -0.3 is 10.2 Å². The minimum atomic E-state index is -0.172. The summed E-state index contributed by atoms with van der Waals surface area (Å²) in [5.41, 5.74) is 0.698. The highest BCUT2D eigenvalue weighted by atomic mass is 32.2. The number of halogens is 1. The molecule has 0 bridgehead atoms. The molecule has 2 heterocycles. The molecule has 0 radical (unpaired) electrons. The molecule has 1 N–H and O–H groups in total. The lowest BCUT2D eigenvalue weighted by atomic mass is 10.2. The average molecular weight is 283 g/mol. The van der Waals surface area contributed by atoms with Gasteiger partial charge in [-0.1, -0.05) is 13.8 Å². The van der Waals surface area contributed by atoms with E-state index in [9.17, 15) is 4.39 Å². The Morgan fingerprint density at radius 2 is 2.37 bits per heavy atom. The molecular weight excluding hydrogens is 261 g/mol. The predicted octanol–water partition coefficient (Wildman–Crippen LogP) is 2.66. The van der Waals surface area contributed by atoms with E-state index in [4.69, 9.17) is 0 Å². The number of anilines is 1. The lowest BCUT2D eigenvalue weighted by Crippen LogP contribution is -2.41. The summed E-state index contributed by atoms with van der Waals surface area (Å²) in [7, 11) is 0. The van der Waals surface area contributed by atoms with E-state index in [0.29, 0.717) is 30.0 Å². The van der Waals surface area contributed by atoms with Crippen LogP contribution in [0.4, 0.5) is 10.2 Å². The number of pyridine rings is 1. The molecule has 106 valence electrons. The highest BCUT2D eigenvalue weighted by Gasteiger charge is 2.23. The predicted molar refractivity (Wildman–Crippen MR) is 80.3 cm³/mol. The Labute approximate surface area is 119 Å². The number of nitrogens with zero attached hydrogens (tertiary/aromatic N) is 2. The van der Waals surface area contributed by atoms with Crippen LogP contribution in [0.15, 0.2) is 12.3 Å². The molecule has 1 unspecified atom stereocenters. The Hall–Kier alpha value is -0.810. The van der Waals surface area contributed by atoms with Crippen LogP contribution in [-0.2, 0) is 6.54 Å². The fraction of sp³-hybridized carbons (Fsp3) is 0.643.